The minimum atomic E-state index is -0.746. The van der Waals surface area contributed by atoms with Crippen molar-refractivity contribution in [3.63, 3.8) is 0 Å². The Bertz CT molecular complexity index is 1140. The number of carbonyl (C=O) groups is 2. The molecule has 1 aromatic heterocycles. The van der Waals surface area contributed by atoms with Gasteiger partial charge < -0.3 is 19.5 Å². The lowest BCUT2D eigenvalue weighted by molar-refractivity contribution is -0.143. The Labute approximate surface area is 205 Å². The third kappa shape index (κ3) is 6.20. The molecule has 4 rings (SSSR count). The number of amides is 1. The van der Waals surface area contributed by atoms with Crippen LogP contribution < -0.4 is 4.74 Å². The van der Waals surface area contributed by atoms with Crippen molar-refractivity contribution in [2.24, 2.45) is 13.0 Å². The first-order valence-electron chi connectivity index (χ1n) is 11.8. The predicted molar refractivity (Wildman–Crippen MR) is 131 cm³/mol. The van der Waals surface area contributed by atoms with Gasteiger partial charge in [-0.05, 0) is 48.9 Å². The zero-order valence-corrected chi connectivity index (χ0v) is 20.1. The number of aryl methyl sites for hydroxylation is 1. The van der Waals surface area contributed by atoms with E-state index in [9.17, 15) is 14.7 Å². The third-order valence-electron chi connectivity index (χ3n) is 6.41. The number of nitrogens with zero attached hydrogens (tertiary/aromatic N) is 3. The number of hydrogen-bond acceptors (Lipinski definition) is 5. The maximum atomic E-state index is 12.5. The Kier molecular flexibility index (Phi) is 7.70. The van der Waals surface area contributed by atoms with E-state index in [1.54, 1.807) is 17.9 Å². The van der Waals surface area contributed by atoms with Gasteiger partial charge in [-0.15, -0.1) is 0 Å². The molecule has 3 aromatic rings. The third-order valence-corrected chi connectivity index (χ3v) is 6.41. The lowest BCUT2D eigenvalue weighted by Gasteiger charge is -2.27. The molecular formula is C27H31N3O5. The number of hydrogen-bond donors (Lipinski definition) is 1. The number of aliphatic carboxylic acids is 1. The highest BCUT2D eigenvalue weighted by molar-refractivity contribution is 5.70. The fraction of sp³-hybridized carbons (Fsp3) is 0.370. The Morgan fingerprint density at radius 3 is 2.57 bits per heavy atom. The second-order valence-electron chi connectivity index (χ2n) is 8.99. The molecule has 1 amide bonds. The lowest BCUT2D eigenvalue weighted by atomic mass is 9.87. The summed E-state index contributed by atoms with van der Waals surface area (Å²) in [6, 6.07) is 17.4. The minimum Gasteiger partial charge on any atom is -0.490 e. The number of ether oxygens (including phenoxy) is 2. The Morgan fingerprint density at radius 1 is 1.11 bits per heavy atom. The number of benzene rings is 2. The molecule has 0 radical (unpaired) electrons. The highest BCUT2D eigenvalue weighted by Crippen LogP contribution is 2.30. The maximum Gasteiger partial charge on any atom is 0.410 e. The standard InChI is InChI=1S/C27H31N3O5/c1-29(17-19-7-4-3-5-8-19)27(33)34-18-25-24(16-28-30(25)2)20-11-13-22(14-12-20)35-23-10-6-9-21(15-23)26(31)32/h3-5,7-8,11-14,16,21,23H,6,9-10,15,17-18H2,1-2H3,(H,31,32)/t21-,23-/m0/s1. The van der Waals surface area contributed by atoms with Gasteiger partial charge in [-0.1, -0.05) is 42.5 Å². The van der Waals surface area contributed by atoms with Crippen molar-refractivity contribution < 1.29 is 24.2 Å². The summed E-state index contributed by atoms with van der Waals surface area (Å²) in [6.45, 7) is 0.564. The normalized spacial score (nSPS) is 17.5. The van der Waals surface area contributed by atoms with Crippen LogP contribution in [0.2, 0.25) is 0 Å². The van der Waals surface area contributed by atoms with E-state index >= 15 is 0 Å². The van der Waals surface area contributed by atoms with Crippen LogP contribution in [0, 0.1) is 5.92 Å². The Balaban J connectivity index is 1.37. The van der Waals surface area contributed by atoms with Gasteiger partial charge >= 0.3 is 12.1 Å². The van der Waals surface area contributed by atoms with Crippen LogP contribution in [0.15, 0.2) is 60.8 Å². The first-order chi connectivity index (χ1) is 16.9. The van der Waals surface area contributed by atoms with E-state index in [-0.39, 0.29) is 18.6 Å². The SMILES string of the molecule is CN(Cc1ccccc1)C(=O)OCc1c(-c2ccc(O[C@H]3CCC[C@H](C(=O)O)C3)cc2)cnn1C. The van der Waals surface area contributed by atoms with Crippen molar-refractivity contribution in [1.82, 2.24) is 14.7 Å². The molecule has 0 aliphatic heterocycles. The number of carboxylic acid groups (broad SMARTS) is 1. The van der Waals surface area contributed by atoms with Crippen molar-refractivity contribution >= 4 is 12.1 Å². The summed E-state index contributed by atoms with van der Waals surface area (Å²) < 4.78 is 13.3. The summed E-state index contributed by atoms with van der Waals surface area (Å²) in [4.78, 5) is 25.4. The average Bonchev–Trinajstić information content (AvgIpc) is 3.23. The summed E-state index contributed by atoms with van der Waals surface area (Å²) in [7, 11) is 3.53. The van der Waals surface area contributed by atoms with Crippen LogP contribution in [0.1, 0.15) is 36.9 Å². The van der Waals surface area contributed by atoms with Gasteiger partial charge in [0, 0.05) is 26.2 Å². The molecule has 1 aliphatic carbocycles. The molecule has 2 atom stereocenters. The van der Waals surface area contributed by atoms with Gasteiger partial charge in [-0.25, -0.2) is 4.79 Å². The highest BCUT2D eigenvalue weighted by atomic mass is 16.6. The molecule has 0 unspecified atom stereocenters. The fourth-order valence-electron chi connectivity index (χ4n) is 4.42. The molecule has 2 aromatic carbocycles. The number of rotatable bonds is 8. The van der Waals surface area contributed by atoms with Gasteiger partial charge in [0.2, 0.25) is 0 Å². The van der Waals surface area contributed by atoms with Crippen molar-refractivity contribution in [1.29, 1.82) is 0 Å². The van der Waals surface area contributed by atoms with Crippen molar-refractivity contribution in [2.75, 3.05) is 7.05 Å². The Morgan fingerprint density at radius 2 is 1.86 bits per heavy atom. The van der Waals surface area contributed by atoms with Gasteiger partial charge in [0.25, 0.3) is 0 Å². The molecule has 184 valence electrons. The monoisotopic (exact) mass is 477 g/mol. The van der Waals surface area contributed by atoms with Gasteiger partial charge in [0.1, 0.15) is 12.4 Å². The fourth-order valence-corrected chi connectivity index (χ4v) is 4.42. The first kappa shape index (κ1) is 24.3. The second kappa shape index (κ2) is 11.1. The van der Waals surface area contributed by atoms with E-state index in [2.05, 4.69) is 5.10 Å². The van der Waals surface area contributed by atoms with Gasteiger partial charge in [0.05, 0.1) is 23.9 Å². The molecule has 1 N–H and O–H groups in total. The molecule has 35 heavy (non-hydrogen) atoms. The largest absolute Gasteiger partial charge is 0.490 e. The average molecular weight is 478 g/mol. The van der Waals surface area contributed by atoms with E-state index in [1.807, 2.05) is 61.6 Å². The van der Waals surface area contributed by atoms with Crippen molar-refractivity contribution in [3.05, 3.63) is 72.1 Å². The quantitative estimate of drug-likeness (QED) is 0.497. The van der Waals surface area contributed by atoms with Crippen LogP contribution >= 0.6 is 0 Å². The molecule has 8 heteroatoms. The van der Waals surface area contributed by atoms with E-state index in [0.717, 1.165) is 35.2 Å². The van der Waals surface area contributed by atoms with Gasteiger partial charge in [-0.3, -0.25) is 9.48 Å². The molecule has 0 saturated heterocycles. The van der Waals surface area contributed by atoms with Crippen LogP contribution in [0.3, 0.4) is 0 Å². The number of aromatic nitrogens is 2. The van der Waals surface area contributed by atoms with E-state index in [0.29, 0.717) is 25.1 Å². The number of carboxylic acids is 1. The summed E-state index contributed by atoms with van der Waals surface area (Å²) >= 11 is 0. The summed E-state index contributed by atoms with van der Waals surface area (Å²) in [6.07, 6.45) is 4.23. The molecule has 1 aliphatic rings. The summed E-state index contributed by atoms with van der Waals surface area (Å²) in [5.74, 6) is -0.366. The molecule has 0 bridgehead atoms. The molecule has 1 saturated carbocycles. The minimum absolute atomic E-state index is 0.0862. The predicted octanol–water partition coefficient (Wildman–Crippen LogP) is 4.88. The molecule has 0 spiro atoms. The van der Waals surface area contributed by atoms with Crippen LogP contribution in [-0.4, -0.2) is 45.0 Å². The lowest BCUT2D eigenvalue weighted by Crippen LogP contribution is -2.29. The van der Waals surface area contributed by atoms with Crippen molar-refractivity contribution in [3.8, 4) is 16.9 Å². The zero-order chi connectivity index (χ0) is 24.8. The zero-order valence-electron chi connectivity index (χ0n) is 20.1. The van der Waals surface area contributed by atoms with E-state index in [1.165, 1.54) is 4.90 Å². The smallest absolute Gasteiger partial charge is 0.410 e. The van der Waals surface area contributed by atoms with Crippen LogP contribution in [0.4, 0.5) is 4.79 Å². The van der Waals surface area contributed by atoms with Gasteiger partial charge in [-0.2, -0.15) is 5.10 Å². The number of carbonyl (C=O) groups excluding carboxylic acids is 1. The second-order valence-corrected chi connectivity index (χ2v) is 8.99. The highest BCUT2D eigenvalue weighted by Gasteiger charge is 2.28. The topological polar surface area (TPSA) is 93.9 Å². The molecular weight excluding hydrogens is 446 g/mol. The Hall–Kier alpha value is -3.81. The van der Waals surface area contributed by atoms with Crippen LogP contribution in [-0.2, 0) is 29.7 Å². The van der Waals surface area contributed by atoms with Crippen LogP contribution in [0.25, 0.3) is 11.1 Å². The molecule has 1 fully saturated rings. The summed E-state index contributed by atoms with van der Waals surface area (Å²) in [5, 5.41) is 13.6. The van der Waals surface area contributed by atoms with E-state index < -0.39 is 12.1 Å². The van der Waals surface area contributed by atoms with Gasteiger partial charge in [0.15, 0.2) is 0 Å². The van der Waals surface area contributed by atoms with E-state index in [4.69, 9.17) is 9.47 Å². The van der Waals surface area contributed by atoms with Crippen molar-refractivity contribution in [2.45, 2.75) is 44.9 Å². The van der Waals surface area contributed by atoms with Crippen LogP contribution in [0.5, 0.6) is 5.75 Å². The maximum absolute atomic E-state index is 12.5. The molecule has 8 nitrogen and oxygen atoms in total. The summed E-state index contributed by atoms with van der Waals surface area (Å²) in [5.41, 5.74) is 3.63. The molecule has 1 heterocycles. The first-order valence-corrected chi connectivity index (χ1v) is 11.8.